The molecule has 0 atom stereocenters. The molecule has 10 heavy (non-hydrogen) atoms. The number of rotatable bonds is 2. The van der Waals surface area contributed by atoms with Crippen LogP contribution < -0.4 is 5.32 Å². The molecule has 0 bridgehead atoms. The van der Waals surface area contributed by atoms with Crippen molar-refractivity contribution in [2.75, 3.05) is 13.2 Å². The van der Waals surface area contributed by atoms with Gasteiger partial charge in [0.15, 0.2) is 0 Å². The fourth-order valence-electron chi connectivity index (χ4n) is 1.80. The third-order valence-corrected chi connectivity index (χ3v) is 2.44. The van der Waals surface area contributed by atoms with E-state index in [4.69, 9.17) is 4.74 Å². The van der Waals surface area contributed by atoms with Crippen LogP contribution in [0.2, 0.25) is 0 Å². The summed E-state index contributed by atoms with van der Waals surface area (Å²) in [5, 5.41) is 2.64. The van der Waals surface area contributed by atoms with E-state index in [1.165, 1.54) is 0 Å². The van der Waals surface area contributed by atoms with Crippen LogP contribution in [0, 0.1) is 5.41 Å². The lowest BCUT2D eigenvalue weighted by molar-refractivity contribution is -0.165. The van der Waals surface area contributed by atoms with Gasteiger partial charge in [-0.15, -0.1) is 0 Å². The zero-order valence-electron chi connectivity index (χ0n) is 5.72. The summed E-state index contributed by atoms with van der Waals surface area (Å²) in [6.45, 7) is 1.79. The summed E-state index contributed by atoms with van der Waals surface area (Å²) >= 11 is 0. The largest absolute Gasteiger partial charge is 0.380 e. The highest BCUT2D eigenvalue weighted by Crippen LogP contribution is 2.46. The number of nitrogens with one attached hydrogen (secondary N) is 1. The highest BCUT2D eigenvalue weighted by molar-refractivity contribution is 5.48. The van der Waals surface area contributed by atoms with E-state index in [2.05, 4.69) is 5.32 Å². The van der Waals surface area contributed by atoms with Gasteiger partial charge in [0, 0.05) is 11.5 Å². The molecular weight excluding hydrogens is 130 g/mol. The number of carbonyl (C=O) groups excluding carboxylic acids is 1. The Morgan fingerprint density at radius 2 is 2.20 bits per heavy atom. The van der Waals surface area contributed by atoms with Gasteiger partial charge in [-0.2, -0.15) is 0 Å². The van der Waals surface area contributed by atoms with Crippen molar-refractivity contribution in [2.45, 2.75) is 18.9 Å². The van der Waals surface area contributed by atoms with Crippen LogP contribution in [0.1, 0.15) is 12.8 Å². The molecule has 0 unspecified atom stereocenters. The summed E-state index contributed by atoms with van der Waals surface area (Å²) in [7, 11) is 0. The average molecular weight is 140 g/mol. The van der Waals surface area contributed by atoms with Crippen molar-refractivity contribution in [3.05, 3.63) is 0 Å². The monoisotopic (exact) mass is 140 g/mol. The lowest BCUT2D eigenvalue weighted by Crippen LogP contribution is -2.58. The molecule has 1 saturated heterocycles. The summed E-state index contributed by atoms with van der Waals surface area (Å²) in [6, 6.07) is 0.376. The van der Waals surface area contributed by atoms with E-state index in [-0.39, 0.29) is 0 Å². The van der Waals surface area contributed by atoms with Gasteiger partial charge in [0.2, 0.25) is 0 Å². The average Bonchev–Trinajstić information content (AvgIpc) is 1.72. The van der Waals surface area contributed by atoms with E-state index in [0.717, 1.165) is 26.1 Å². The Hall–Kier alpha value is -0.570. The minimum absolute atomic E-state index is 0.376. The molecule has 2 aliphatic rings. The summed E-state index contributed by atoms with van der Waals surface area (Å²) in [5.74, 6) is 0. The minimum atomic E-state index is 0.376. The molecule has 2 rings (SSSR count). The van der Waals surface area contributed by atoms with Gasteiger partial charge in [0.1, 0.15) is 0 Å². The summed E-state index contributed by atoms with van der Waals surface area (Å²) in [4.78, 5) is 9.86. The van der Waals surface area contributed by atoms with Gasteiger partial charge in [-0.25, -0.2) is 0 Å². The highest BCUT2D eigenvalue weighted by atomic mass is 16.5. The molecule has 0 aromatic rings. The molecule has 1 N–H and O–H groups in total. The molecule has 1 spiro atoms. The molecule has 1 aliphatic carbocycles. The number of hydrogen-bond acceptors (Lipinski definition) is 2. The van der Waals surface area contributed by atoms with Crippen molar-refractivity contribution in [2.24, 2.45) is 5.41 Å². The Morgan fingerprint density at radius 3 is 2.60 bits per heavy atom. The van der Waals surface area contributed by atoms with Crippen LogP contribution in [0.4, 0.5) is 0 Å². The Labute approximate surface area is 59.7 Å². The zero-order chi connectivity index (χ0) is 7.03. The van der Waals surface area contributed by atoms with Crippen molar-refractivity contribution in [3.8, 4) is 0 Å². The van der Waals surface area contributed by atoms with Crippen LogP contribution in [-0.2, 0) is 9.53 Å². The normalized spacial score (nSPS) is 28.8. The maximum Gasteiger partial charge on any atom is 0.309 e. The van der Waals surface area contributed by atoms with Crippen LogP contribution in [0.15, 0.2) is 0 Å². The van der Waals surface area contributed by atoms with Gasteiger partial charge in [-0.05, 0) is 12.8 Å². The van der Waals surface area contributed by atoms with E-state index >= 15 is 0 Å². The molecule has 1 heterocycles. The van der Waals surface area contributed by atoms with Gasteiger partial charge >= 0.3 is 6.41 Å². The smallest absolute Gasteiger partial charge is 0.309 e. The van der Waals surface area contributed by atoms with Gasteiger partial charge in [-0.3, -0.25) is 4.79 Å². The molecular formula is C7H10NO2. The molecule has 0 aromatic heterocycles. The standard InChI is InChI=1S/C7H10NO2/c9-5-8-6-1-7(2-6)3-10-4-7/h6H,1-4H2,(H,8,9). The molecule has 3 heteroatoms. The first-order valence-electron chi connectivity index (χ1n) is 3.55. The maximum atomic E-state index is 9.86. The molecule has 55 valence electrons. The first-order valence-corrected chi connectivity index (χ1v) is 3.55. The van der Waals surface area contributed by atoms with Gasteiger partial charge < -0.3 is 10.1 Å². The number of hydrogen-bond donors (Lipinski definition) is 1. The SMILES string of the molecule is O=[C]NC1CC2(COC2)C1. The Bertz CT molecular complexity index is 146. The summed E-state index contributed by atoms with van der Waals surface area (Å²) in [5.41, 5.74) is 0.453. The van der Waals surface area contributed by atoms with Crippen molar-refractivity contribution in [3.63, 3.8) is 0 Å². The topological polar surface area (TPSA) is 38.3 Å². The quantitative estimate of drug-likeness (QED) is 0.540. The second-order valence-corrected chi connectivity index (χ2v) is 3.34. The van der Waals surface area contributed by atoms with Gasteiger partial charge in [0.25, 0.3) is 0 Å². The third-order valence-electron chi connectivity index (χ3n) is 2.44. The lowest BCUT2D eigenvalue weighted by Gasteiger charge is -2.52. The van der Waals surface area contributed by atoms with E-state index in [9.17, 15) is 4.79 Å². The fraction of sp³-hybridized carbons (Fsp3) is 0.857. The number of ether oxygens (including phenoxy) is 1. The second-order valence-electron chi connectivity index (χ2n) is 3.34. The minimum Gasteiger partial charge on any atom is -0.380 e. The molecule has 1 saturated carbocycles. The van der Waals surface area contributed by atoms with E-state index < -0.39 is 0 Å². The van der Waals surface area contributed by atoms with Crippen molar-refractivity contribution in [1.82, 2.24) is 5.32 Å². The maximum absolute atomic E-state index is 9.86. The Balaban J connectivity index is 1.77. The van der Waals surface area contributed by atoms with E-state index in [1.807, 2.05) is 0 Å². The van der Waals surface area contributed by atoms with Crippen molar-refractivity contribution < 1.29 is 9.53 Å². The van der Waals surface area contributed by atoms with Crippen LogP contribution in [-0.4, -0.2) is 25.7 Å². The first-order chi connectivity index (χ1) is 4.85. The van der Waals surface area contributed by atoms with Gasteiger partial charge in [0.05, 0.1) is 13.2 Å². The van der Waals surface area contributed by atoms with Crippen LogP contribution in [0.25, 0.3) is 0 Å². The van der Waals surface area contributed by atoms with E-state index in [1.54, 1.807) is 6.41 Å². The summed E-state index contributed by atoms with van der Waals surface area (Å²) < 4.78 is 5.08. The Kier molecular flexibility index (Phi) is 1.20. The first kappa shape index (κ1) is 6.16. The number of amides is 1. The predicted molar refractivity (Wildman–Crippen MR) is 35.1 cm³/mol. The molecule has 1 amide bonds. The summed E-state index contributed by atoms with van der Waals surface area (Å²) in [6.07, 6.45) is 3.89. The van der Waals surface area contributed by atoms with Crippen LogP contribution in [0.3, 0.4) is 0 Å². The van der Waals surface area contributed by atoms with Gasteiger partial charge in [-0.1, -0.05) is 0 Å². The molecule has 0 aromatic carbocycles. The molecule has 2 fully saturated rings. The van der Waals surface area contributed by atoms with Crippen molar-refractivity contribution >= 4 is 6.41 Å². The predicted octanol–water partition coefficient (Wildman–Crippen LogP) is -0.178. The third kappa shape index (κ3) is 0.736. The Morgan fingerprint density at radius 1 is 1.50 bits per heavy atom. The molecule has 1 radical (unpaired) electrons. The zero-order valence-corrected chi connectivity index (χ0v) is 5.72. The lowest BCUT2D eigenvalue weighted by atomic mass is 9.64. The van der Waals surface area contributed by atoms with Crippen LogP contribution in [0.5, 0.6) is 0 Å². The van der Waals surface area contributed by atoms with E-state index in [0.29, 0.717) is 11.5 Å². The van der Waals surface area contributed by atoms with Crippen molar-refractivity contribution in [1.29, 1.82) is 0 Å². The molecule has 3 nitrogen and oxygen atoms in total. The highest BCUT2D eigenvalue weighted by Gasteiger charge is 2.49. The second kappa shape index (κ2) is 1.95. The fourth-order valence-corrected chi connectivity index (χ4v) is 1.80. The molecule has 1 aliphatic heterocycles. The van der Waals surface area contributed by atoms with Crippen LogP contribution >= 0.6 is 0 Å².